The average Bonchev–Trinajstić information content (AvgIpc) is 2.72. The van der Waals surface area contributed by atoms with Crippen LogP contribution in [0, 0.1) is 0 Å². The molecule has 1 fully saturated rings. The Kier molecular flexibility index (Phi) is 8.34. The van der Waals surface area contributed by atoms with Gasteiger partial charge in [0, 0.05) is 24.4 Å². The quantitative estimate of drug-likeness (QED) is 0.631. The highest BCUT2D eigenvalue weighted by atomic mass is 32.2. The zero-order valence-electron chi connectivity index (χ0n) is 10.8. The molecule has 1 N–H and O–H groups in total. The Labute approximate surface area is 105 Å². The van der Waals surface area contributed by atoms with Crippen molar-refractivity contribution in [2.24, 2.45) is 0 Å². The maximum absolute atomic E-state index is 5.54. The van der Waals surface area contributed by atoms with Gasteiger partial charge in [-0.1, -0.05) is 20.3 Å². The van der Waals surface area contributed by atoms with Crippen LogP contribution in [0.3, 0.4) is 0 Å². The van der Waals surface area contributed by atoms with Crippen LogP contribution >= 0.6 is 11.8 Å². The van der Waals surface area contributed by atoms with Crippen LogP contribution in [0.2, 0.25) is 0 Å². The Morgan fingerprint density at radius 2 is 2.12 bits per heavy atom. The summed E-state index contributed by atoms with van der Waals surface area (Å²) < 4.78 is 5.54. The molecule has 1 aliphatic rings. The van der Waals surface area contributed by atoms with Crippen molar-refractivity contribution in [3.63, 3.8) is 0 Å². The Balaban J connectivity index is 1.90. The van der Waals surface area contributed by atoms with Gasteiger partial charge >= 0.3 is 0 Å². The smallest absolute Gasteiger partial charge is 0.0591 e. The van der Waals surface area contributed by atoms with Crippen LogP contribution in [0.5, 0.6) is 0 Å². The van der Waals surface area contributed by atoms with E-state index in [4.69, 9.17) is 4.74 Å². The van der Waals surface area contributed by atoms with E-state index >= 15 is 0 Å². The molecule has 3 heteroatoms. The fourth-order valence-electron chi connectivity index (χ4n) is 2.20. The second-order valence-electron chi connectivity index (χ2n) is 4.51. The minimum atomic E-state index is 0.749. The number of nitrogens with one attached hydrogen (secondary N) is 1. The number of rotatable bonds is 9. The van der Waals surface area contributed by atoms with E-state index in [9.17, 15) is 0 Å². The van der Waals surface area contributed by atoms with Gasteiger partial charge in [-0.3, -0.25) is 0 Å². The molecule has 0 spiro atoms. The Bertz CT molecular complexity index is 166. The lowest BCUT2D eigenvalue weighted by Crippen LogP contribution is -2.30. The van der Waals surface area contributed by atoms with Crippen LogP contribution in [0.4, 0.5) is 0 Å². The van der Waals surface area contributed by atoms with E-state index in [0.29, 0.717) is 0 Å². The highest BCUT2D eigenvalue weighted by molar-refractivity contribution is 7.99. The van der Waals surface area contributed by atoms with Crippen molar-refractivity contribution in [2.45, 2.75) is 57.2 Å². The normalized spacial score (nSPS) is 25.1. The summed E-state index contributed by atoms with van der Waals surface area (Å²) in [5.74, 6) is 1.26. The van der Waals surface area contributed by atoms with Crippen LogP contribution in [0.1, 0.15) is 46.0 Å². The van der Waals surface area contributed by atoms with E-state index in [1.165, 1.54) is 37.9 Å². The third-order valence-electron chi connectivity index (χ3n) is 3.11. The first kappa shape index (κ1) is 14.3. The molecular weight excluding hydrogens is 218 g/mol. The van der Waals surface area contributed by atoms with Crippen molar-refractivity contribution in [3.05, 3.63) is 0 Å². The van der Waals surface area contributed by atoms with Crippen molar-refractivity contribution in [1.82, 2.24) is 5.32 Å². The zero-order chi connectivity index (χ0) is 11.6. The molecule has 0 aromatic carbocycles. The van der Waals surface area contributed by atoms with Crippen LogP contribution < -0.4 is 5.32 Å². The second-order valence-corrected chi connectivity index (χ2v) is 6.08. The average molecular weight is 245 g/mol. The van der Waals surface area contributed by atoms with Crippen molar-refractivity contribution in [3.8, 4) is 0 Å². The number of hydrogen-bond acceptors (Lipinski definition) is 3. The third kappa shape index (κ3) is 6.12. The fourth-order valence-corrected chi connectivity index (χ4v) is 3.34. The van der Waals surface area contributed by atoms with Gasteiger partial charge in [0.05, 0.1) is 6.61 Å². The summed E-state index contributed by atoms with van der Waals surface area (Å²) in [5, 5.41) is 4.51. The van der Waals surface area contributed by atoms with Crippen molar-refractivity contribution < 1.29 is 4.74 Å². The molecule has 96 valence electrons. The largest absolute Gasteiger partial charge is 0.380 e. The van der Waals surface area contributed by atoms with Gasteiger partial charge in [-0.2, -0.15) is 11.8 Å². The van der Waals surface area contributed by atoms with E-state index in [1.807, 2.05) is 0 Å². The summed E-state index contributed by atoms with van der Waals surface area (Å²) in [7, 11) is 0. The molecule has 2 atom stereocenters. The van der Waals surface area contributed by atoms with Gasteiger partial charge in [-0.25, -0.2) is 0 Å². The van der Waals surface area contributed by atoms with Crippen molar-refractivity contribution >= 4 is 11.8 Å². The molecule has 1 rings (SSSR count). The lowest BCUT2D eigenvalue weighted by Gasteiger charge is -2.13. The molecule has 0 aliphatic heterocycles. The number of unbranched alkanes of at least 4 members (excludes halogenated alkanes) is 1. The number of thioether (sulfide) groups is 1. The van der Waals surface area contributed by atoms with Gasteiger partial charge < -0.3 is 10.1 Å². The predicted octanol–water partition coefficient (Wildman–Crippen LogP) is 3.07. The highest BCUT2D eigenvalue weighted by Gasteiger charge is 2.23. The summed E-state index contributed by atoms with van der Waals surface area (Å²) in [6.07, 6.45) is 6.53. The second kappa shape index (κ2) is 9.32. The van der Waals surface area contributed by atoms with Crippen LogP contribution in [0.25, 0.3) is 0 Å². The molecule has 0 aromatic rings. The Hall–Kier alpha value is 0.270. The van der Waals surface area contributed by atoms with Gasteiger partial charge in [-0.15, -0.1) is 0 Å². The van der Waals surface area contributed by atoms with Crippen LogP contribution in [-0.4, -0.2) is 36.8 Å². The topological polar surface area (TPSA) is 21.3 Å². The Morgan fingerprint density at radius 3 is 2.88 bits per heavy atom. The minimum Gasteiger partial charge on any atom is -0.380 e. The molecule has 0 heterocycles. The van der Waals surface area contributed by atoms with E-state index in [0.717, 1.165) is 31.1 Å². The van der Waals surface area contributed by atoms with Gasteiger partial charge in [0.25, 0.3) is 0 Å². The maximum Gasteiger partial charge on any atom is 0.0591 e. The first-order valence-corrected chi connectivity index (χ1v) is 7.84. The molecule has 2 unspecified atom stereocenters. The molecule has 0 saturated heterocycles. The first-order valence-electron chi connectivity index (χ1n) is 6.79. The van der Waals surface area contributed by atoms with E-state index in [1.54, 1.807) is 0 Å². The molecular formula is C13H27NOS. The minimum absolute atomic E-state index is 0.749. The van der Waals surface area contributed by atoms with Crippen LogP contribution in [-0.2, 0) is 4.74 Å². The number of ether oxygens (including phenoxy) is 1. The van der Waals surface area contributed by atoms with Gasteiger partial charge in [0.2, 0.25) is 0 Å². The molecule has 0 amide bonds. The van der Waals surface area contributed by atoms with Crippen molar-refractivity contribution in [1.29, 1.82) is 0 Å². The molecule has 0 radical (unpaired) electrons. The fraction of sp³-hybridized carbons (Fsp3) is 1.00. The highest BCUT2D eigenvalue weighted by Crippen LogP contribution is 2.29. The third-order valence-corrected chi connectivity index (χ3v) is 4.34. The summed E-state index contributed by atoms with van der Waals surface area (Å²) >= 11 is 2.12. The van der Waals surface area contributed by atoms with Gasteiger partial charge in [-0.05, 0) is 31.4 Å². The van der Waals surface area contributed by atoms with E-state index in [2.05, 4.69) is 30.9 Å². The molecule has 16 heavy (non-hydrogen) atoms. The molecule has 0 aromatic heterocycles. The monoisotopic (exact) mass is 245 g/mol. The van der Waals surface area contributed by atoms with E-state index in [-0.39, 0.29) is 0 Å². The SMILES string of the molecule is CCCCOCCNC1CCC(SCC)C1. The summed E-state index contributed by atoms with van der Waals surface area (Å²) in [6, 6.07) is 0.749. The molecule has 2 nitrogen and oxygen atoms in total. The van der Waals surface area contributed by atoms with Gasteiger partial charge in [0.15, 0.2) is 0 Å². The maximum atomic E-state index is 5.54. The van der Waals surface area contributed by atoms with Crippen LogP contribution in [0.15, 0.2) is 0 Å². The van der Waals surface area contributed by atoms with Crippen molar-refractivity contribution in [2.75, 3.05) is 25.5 Å². The molecule has 0 bridgehead atoms. The Morgan fingerprint density at radius 1 is 1.25 bits per heavy atom. The number of hydrogen-bond donors (Lipinski definition) is 1. The van der Waals surface area contributed by atoms with E-state index < -0.39 is 0 Å². The first-order chi connectivity index (χ1) is 7.86. The standard InChI is InChI=1S/C13H27NOS/c1-3-5-9-15-10-8-14-12-6-7-13(11-12)16-4-2/h12-14H,3-11H2,1-2H3. The predicted molar refractivity (Wildman–Crippen MR) is 73.3 cm³/mol. The lowest BCUT2D eigenvalue weighted by molar-refractivity contribution is 0.131. The summed E-state index contributed by atoms with van der Waals surface area (Å²) in [4.78, 5) is 0. The zero-order valence-corrected chi connectivity index (χ0v) is 11.7. The van der Waals surface area contributed by atoms with Gasteiger partial charge in [0.1, 0.15) is 0 Å². The molecule has 1 aliphatic carbocycles. The summed E-state index contributed by atoms with van der Waals surface area (Å²) in [6.45, 7) is 7.29. The summed E-state index contributed by atoms with van der Waals surface area (Å²) in [5.41, 5.74) is 0. The molecule has 1 saturated carbocycles. The lowest BCUT2D eigenvalue weighted by atomic mass is 10.2.